The summed E-state index contributed by atoms with van der Waals surface area (Å²) in [6.45, 7) is 3.04. The third-order valence-electron chi connectivity index (χ3n) is 4.54. The van der Waals surface area contributed by atoms with E-state index in [4.69, 9.17) is 9.47 Å². The third kappa shape index (κ3) is 2.68. The van der Waals surface area contributed by atoms with Gasteiger partial charge in [-0.15, -0.1) is 0 Å². The van der Waals surface area contributed by atoms with Crippen LogP contribution in [0.1, 0.15) is 12.8 Å². The van der Waals surface area contributed by atoms with Gasteiger partial charge in [0, 0.05) is 31.7 Å². The molecule has 0 unspecified atom stereocenters. The average molecular weight is 326 g/mol. The maximum atomic E-state index is 12.9. The molecule has 0 bridgehead atoms. The van der Waals surface area contributed by atoms with Crippen LogP contribution in [-0.2, 0) is 10.0 Å². The van der Waals surface area contributed by atoms with Crippen LogP contribution in [0.25, 0.3) is 0 Å². The summed E-state index contributed by atoms with van der Waals surface area (Å²) < 4.78 is 37.7. The number of hydrogen-bond acceptors (Lipinski definition) is 5. The van der Waals surface area contributed by atoms with E-state index in [0.717, 1.165) is 25.9 Å². The van der Waals surface area contributed by atoms with E-state index in [1.54, 1.807) is 16.4 Å². The summed E-state index contributed by atoms with van der Waals surface area (Å²) in [4.78, 5) is 2.65. The highest BCUT2D eigenvalue weighted by Crippen LogP contribution is 2.32. The minimum atomic E-state index is -3.49. The van der Waals surface area contributed by atoms with Crippen LogP contribution in [0.3, 0.4) is 0 Å². The van der Waals surface area contributed by atoms with E-state index >= 15 is 0 Å². The van der Waals surface area contributed by atoms with Gasteiger partial charge in [-0.25, -0.2) is 8.42 Å². The summed E-state index contributed by atoms with van der Waals surface area (Å²) in [5.74, 6) is 0.963. The number of piperazine rings is 1. The molecule has 0 N–H and O–H groups in total. The molecule has 0 aromatic heterocycles. The molecule has 1 aromatic carbocycles. The van der Waals surface area contributed by atoms with E-state index in [9.17, 15) is 8.42 Å². The molecule has 2 aliphatic heterocycles. The number of hydrogen-bond donors (Lipinski definition) is 0. The molecule has 1 aromatic rings. The van der Waals surface area contributed by atoms with Crippen molar-refractivity contribution < 1.29 is 17.9 Å². The normalized spacial score (nSPS) is 23.3. The minimum Gasteiger partial charge on any atom is -0.493 e. The highest BCUT2D eigenvalue weighted by molar-refractivity contribution is 7.89. The Kier molecular flexibility index (Phi) is 4.29. The van der Waals surface area contributed by atoms with Crippen molar-refractivity contribution in [2.24, 2.45) is 0 Å². The Hall–Kier alpha value is -1.31. The van der Waals surface area contributed by atoms with Crippen LogP contribution in [0.5, 0.6) is 11.5 Å². The molecule has 7 heteroatoms. The molecule has 0 saturated carbocycles. The van der Waals surface area contributed by atoms with Crippen molar-refractivity contribution in [1.29, 1.82) is 0 Å². The SMILES string of the molecule is COc1ccc(S(=O)(=O)N2CCN3CCC[C@@H]3C2)cc1OC. The maximum absolute atomic E-state index is 12.9. The van der Waals surface area contributed by atoms with Gasteiger partial charge in [-0.1, -0.05) is 0 Å². The fourth-order valence-electron chi connectivity index (χ4n) is 3.31. The smallest absolute Gasteiger partial charge is 0.243 e. The summed E-state index contributed by atoms with van der Waals surface area (Å²) in [6.07, 6.45) is 2.24. The van der Waals surface area contributed by atoms with E-state index in [-0.39, 0.29) is 4.90 Å². The summed E-state index contributed by atoms with van der Waals surface area (Å²) in [7, 11) is -0.449. The Morgan fingerprint density at radius 3 is 2.59 bits per heavy atom. The number of rotatable bonds is 4. The molecule has 3 rings (SSSR count). The molecule has 2 saturated heterocycles. The van der Waals surface area contributed by atoms with Gasteiger partial charge in [-0.2, -0.15) is 4.31 Å². The molecule has 0 radical (unpaired) electrons. The predicted molar refractivity (Wildman–Crippen MR) is 82.9 cm³/mol. The topological polar surface area (TPSA) is 59.1 Å². The Morgan fingerprint density at radius 2 is 1.86 bits per heavy atom. The fraction of sp³-hybridized carbons (Fsp3) is 0.600. The summed E-state index contributed by atoms with van der Waals surface area (Å²) in [6, 6.07) is 5.12. The molecule has 2 heterocycles. The van der Waals surface area contributed by atoms with Crippen LogP contribution in [0, 0.1) is 0 Å². The van der Waals surface area contributed by atoms with Gasteiger partial charge >= 0.3 is 0 Å². The standard InChI is InChI=1S/C15H22N2O4S/c1-20-14-6-5-13(10-15(14)21-2)22(18,19)17-9-8-16-7-3-4-12(16)11-17/h5-6,10,12H,3-4,7-9,11H2,1-2H3/t12-/m1/s1. The summed E-state index contributed by atoms with van der Waals surface area (Å²) in [5, 5.41) is 0. The summed E-state index contributed by atoms with van der Waals surface area (Å²) in [5.41, 5.74) is 0. The predicted octanol–water partition coefficient (Wildman–Crippen LogP) is 1.17. The fourth-order valence-corrected chi connectivity index (χ4v) is 4.79. The number of methoxy groups -OCH3 is 2. The molecular formula is C15H22N2O4S. The van der Waals surface area contributed by atoms with E-state index in [0.29, 0.717) is 30.6 Å². The number of benzene rings is 1. The molecule has 1 atom stereocenters. The van der Waals surface area contributed by atoms with E-state index < -0.39 is 10.0 Å². The first kappa shape index (κ1) is 15.6. The van der Waals surface area contributed by atoms with Gasteiger partial charge in [0.1, 0.15) is 0 Å². The van der Waals surface area contributed by atoms with Gasteiger partial charge in [0.25, 0.3) is 0 Å². The van der Waals surface area contributed by atoms with E-state index in [1.165, 1.54) is 20.3 Å². The first-order valence-corrected chi connectivity index (χ1v) is 8.96. The second kappa shape index (κ2) is 6.06. The number of fused-ring (bicyclic) bond motifs is 1. The van der Waals surface area contributed by atoms with Crippen LogP contribution in [0.4, 0.5) is 0 Å². The van der Waals surface area contributed by atoms with Crippen molar-refractivity contribution in [3.63, 3.8) is 0 Å². The van der Waals surface area contributed by atoms with Gasteiger partial charge in [0.15, 0.2) is 11.5 Å². The van der Waals surface area contributed by atoms with Crippen LogP contribution in [0.2, 0.25) is 0 Å². The lowest BCUT2D eigenvalue weighted by Gasteiger charge is -2.36. The van der Waals surface area contributed by atoms with E-state index in [1.807, 2.05) is 0 Å². The highest BCUT2D eigenvalue weighted by atomic mass is 32.2. The average Bonchev–Trinajstić information content (AvgIpc) is 3.01. The zero-order valence-electron chi connectivity index (χ0n) is 13.0. The molecule has 0 aliphatic carbocycles. The molecule has 2 fully saturated rings. The quantitative estimate of drug-likeness (QED) is 0.831. The number of ether oxygens (including phenoxy) is 2. The molecule has 122 valence electrons. The Labute approximate surface area is 131 Å². The first-order chi connectivity index (χ1) is 10.6. The van der Waals surface area contributed by atoms with E-state index in [2.05, 4.69) is 4.90 Å². The number of sulfonamides is 1. The monoisotopic (exact) mass is 326 g/mol. The highest BCUT2D eigenvalue weighted by Gasteiger charge is 2.36. The third-order valence-corrected chi connectivity index (χ3v) is 6.40. The van der Waals surface area contributed by atoms with Crippen molar-refractivity contribution in [1.82, 2.24) is 9.21 Å². The second-order valence-corrected chi connectivity index (χ2v) is 7.65. The van der Waals surface area contributed by atoms with Crippen molar-refractivity contribution >= 4 is 10.0 Å². The van der Waals surface area contributed by atoms with Gasteiger partial charge in [-0.3, -0.25) is 4.90 Å². The summed E-state index contributed by atoms with van der Waals surface area (Å²) >= 11 is 0. The van der Waals surface area contributed by atoms with Crippen molar-refractivity contribution in [3.05, 3.63) is 18.2 Å². The molecular weight excluding hydrogens is 304 g/mol. The van der Waals surface area contributed by atoms with Crippen LogP contribution < -0.4 is 9.47 Å². The Balaban J connectivity index is 1.86. The molecule has 2 aliphatic rings. The van der Waals surface area contributed by atoms with Gasteiger partial charge in [0.2, 0.25) is 10.0 Å². The van der Waals surface area contributed by atoms with Crippen molar-refractivity contribution in [2.75, 3.05) is 40.4 Å². The lowest BCUT2D eigenvalue weighted by molar-refractivity contribution is 0.158. The lowest BCUT2D eigenvalue weighted by atomic mass is 10.2. The van der Waals surface area contributed by atoms with Gasteiger partial charge < -0.3 is 9.47 Å². The molecule has 0 amide bonds. The van der Waals surface area contributed by atoms with Crippen molar-refractivity contribution in [3.8, 4) is 11.5 Å². The lowest BCUT2D eigenvalue weighted by Crippen LogP contribution is -2.51. The van der Waals surface area contributed by atoms with Gasteiger partial charge in [0.05, 0.1) is 19.1 Å². The van der Waals surface area contributed by atoms with Crippen LogP contribution >= 0.6 is 0 Å². The largest absolute Gasteiger partial charge is 0.493 e. The van der Waals surface area contributed by atoms with Crippen molar-refractivity contribution in [2.45, 2.75) is 23.8 Å². The minimum absolute atomic E-state index is 0.261. The molecule has 6 nitrogen and oxygen atoms in total. The maximum Gasteiger partial charge on any atom is 0.243 e. The zero-order valence-corrected chi connectivity index (χ0v) is 13.8. The molecule has 0 spiro atoms. The Morgan fingerprint density at radius 1 is 1.09 bits per heavy atom. The molecule has 22 heavy (non-hydrogen) atoms. The second-order valence-electron chi connectivity index (χ2n) is 5.71. The van der Waals surface area contributed by atoms with Crippen LogP contribution in [-0.4, -0.2) is 64.1 Å². The zero-order chi connectivity index (χ0) is 15.7. The van der Waals surface area contributed by atoms with Gasteiger partial charge in [-0.05, 0) is 31.5 Å². The van der Waals surface area contributed by atoms with Crippen LogP contribution in [0.15, 0.2) is 23.1 Å². The number of nitrogens with zero attached hydrogens (tertiary/aromatic N) is 2. The first-order valence-electron chi connectivity index (χ1n) is 7.52. The Bertz CT molecular complexity index is 647.